The van der Waals surface area contributed by atoms with Gasteiger partial charge in [0.15, 0.2) is 11.2 Å². The van der Waals surface area contributed by atoms with Crippen LogP contribution in [0.5, 0.6) is 0 Å². The molecule has 0 unspecified atom stereocenters. The molecule has 2 aromatic rings. The third-order valence-electron chi connectivity index (χ3n) is 2.98. The molecule has 2 heterocycles. The van der Waals surface area contributed by atoms with Gasteiger partial charge in [0.1, 0.15) is 0 Å². The van der Waals surface area contributed by atoms with Gasteiger partial charge in [-0.3, -0.25) is 14.3 Å². The molecule has 4 N–H and O–H groups in total. The van der Waals surface area contributed by atoms with Gasteiger partial charge in [-0.25, -0.2) is 4.79 Å². The Hall–Kier alpha value is -2.39. The highest BCUT2D eigenvalue weighted by Crippen LogP contribution is 2.12. The van der Waals surface area contributed by atoms with Crippen molar-refractivity contribution in [1.29, 1.82) is 0 Å². The van der Waals surface area contributed by atoms with Crippen molar-refractivity contribution < 1.29 is 9.84 Å². The zero-order valence-corrected chi connectivity index (χ0v) is 11.6. The van der Waals surface area contributed by atoms with Crippen LogP contribution in [-0.2, 0) is 18.3 Å². The number of imidazole rings is 1. The number of rotatable bonds is 6. The zero-order chi connectivity index (χ0) is 15.6. The Morgan fingerprint density at radius 3 is 2.95 bits per heavy atom. The number of nitrogens with two attached hydrogens (primary N) is 1. The quantitative estimate of drug-likeness (QED) is 0.443. The van der Waals surface area contributed by atoms with Crippen molar-refractivity contribution in [1.82, 2.24) is 19.1 Å². The standard InChI is InChI=1S/C12H17N5O4/c1-3-4-21-6-7(18)5-17-8-9(14-11(17)13)16(2)12(20)15-10(8)19/h3,7,18H,1,4-6H2,2H3,(H2,13,14)(H,15,19,20)/t7-/m1/s1. The number of nitrogen functional groups attached to an aromatic ring is 1. The van der Waals surface area contributed by atoms with E-state index in [0.717, 1.165) is 0 Å². The average molecular weight is 295 g/mol. The maximum Gasteiger partial charge on any atom is 0.329 e. The molecule has 9 nitrogen and oxygen atoms in total. The van der Waals surface area contributed by atoms with E-state index in [4.69, 9.17) is 10.5 Å². The van der Waals surface area contributed by atoms with Crippen molar-refractivity contribution in [2.24, 2.45) is 7.05 Å². The number of nitrogens with one attached hydrogen (secondary N) is 1. The number of ether oxygens (including phenoxy) is 1. The molecule has 0 bridgehead atoms. The molecule has 0 aliphatic heterocycles. The van der Waals surface area contributed by atoms with E-state index in [-0.39, 0.29) is 30.3 Å². The number of H-pyrrole nitrogens is 1. The fourth-order valence-corrected chi connectivity index (χ4v) is 1.99. The third kappa shape index (κ3) is 2.88. The molecule has 0 aliphatic carbocycles. The first kappa shape index (κ1) is 15.0. The monoisotopic (exact) mass is 295 g/mol. The van der Waals surface area contributed by atoms with Crippen LogP contribution in [0.15, 0.2) is 22.2 Å². The van der Waals surface area contributed by atoms with Crippen molar-refractivity contribution in [3.05, 3.63) is 33.5 Å². The summed E-state index contributed by atoms with van der Waals surface area (Å²) in [6.07, 6.45) is 0.690. The van der Waals surface area contributed by atoms with Crippen LogP contribution >= 0.6 is 0 Å². The minimum Gasteiger partial charge on any atom is -0.389 e. The van der Waals surface area contributed by atoms with Crippen LogP contribution < -0.4 is 17.0 Å². The minimum absolute atomic E-state index is 0.0285. The molecule has 21 heavy (non-hydrogen) atoms. The van der Waals surface area contributed by atoms with Gasteiger partial charge in [0.05, 0.1) is 25.9 Å². The van der Waals surface area contributed by atoms with E-state index < -0.39 is 17.4 Å². The van der Waals surface area contributed by atoms with E-state index in [1.165, 1.54) is 16.2 Å². The largest absolute Gasteiger partial charge is 0.389 e. The number of aliphatic hydroxyl groups excluding tert-OH is 1. The van der Waals surface area contributed by atoms with Gasteiger partial charge in [-0.1, -0.05) is 6.08 Å². The molecule has 1 atom stereocenters. The first-order valence-electron chi connectivity index (χ1n) is 6.27. The van der Waals surface area contributed by atoms with E-state index in [0.29, 0.717) is 6.61 Å². The van der Waals surface area contributed by atoms with Gasteiger partial charge in [-0.15, -0.1) is 6.58 Å². The number of aryl methyl sites for hydroxylation is 1. The Morgan fingerprint density at radius 1 is 1.57 bits per heavy atom. The van der Waals surface area contributed by atoms with Crippen molar-refractivity contribution in [2.45, 2.75) is 12.6 Å². The second-order valence-corrected chi connectivity index (χ2v) is 4.55. The second-order valence-electron chi connectivity index (χ2n) is 4.55. The summed E-state index contributed by atoms with van der Waals surface area (Å²) in [5.41, 5.74) is 4.89. The lowest BCUT2D eigenvalue weighted by molar-refractivity contribution is 0.0405. The molecule has 0 spiro atoms. The normalized spacial score (nSPS) is 12.7. The van der Waals surface area contributed by atoms with Gasteiger partial charge >= 0.3 is 5.69 Å². The van der Waals surface area contributed by atoms with E-state index in [1.807, 2.05) is 0 Å². The summed E-state index contributed by atoms with van der Waals surface area (Å²) in [6, 6.07) is 0. The molecule has 0 aromatic carbocycles. The smallest absolute Gasteiger partial charge is 0.329 e. The molecule has 0 saturated carbocycles. The molecule has 0 radical (unpaired) electrons. The lowest BCUT2D eigenvalue weighted by atomic mass is 10.3. The van der Waals surface area contributed by atoms with Crippen molar-refractivity contribution in [3.8, 4) is 0 Å². The Labute approximate surface area is 119 Å². The van der Waals surface area contributed by atoms with Gasteiger partial charge in [0.25, 0.3) is 5.56 Å². The number of nitrogens with zero attached hydrogens (tertiary/aromatic N) is 3. The summed E-state index contributed by atoms with van der Waals surface area (Å²) < 4.78 is 7.68. The lowest BCUT2D eigenvalue weighted by Crippen LogP contribution is -2.30. The molecular weight excluding hydrogens is 278 g/mol. The highest BCUT2D eigenvalue weighted by molar-refractivity contribution is 5.73. The van der Waals surface area contributed by atoms with Gasteiger partial charge < -0.3 is 20.1 Å². The summed E-state index contributed by atoms with van der Waals surface area (Å²) in [5, 5.41) is 9.90. The molecule has 9 heteroatoms. The van der Waals surface area contributed by atoms with Crippen LogP contribution in [0.25, 0.3) is 11.2 Å². The molecular formula is C12H17N5O4. The summed E-state index contributed by atoms with van der Waals surface area (Å²) in [4.78, 5) is 29.6. The number of anilines is 1. The molecule has 0 aliphatic rings. The molecule has 2 rings (SSSR count). The number of hydrogen-bond donors (Lipinski definition) is 3. The Bertz CT molecular complexity index is 772. The summed E-state index contributed by atoms with van der Waals surface area (Å²) in [5.74, 6) is 0.0412. The van der Waals surface area contributed by atoms with Crippen LogP contribution in [0, 0.1) is 0 Å². The third-order valence-corrected chi connectivity index (χ3v) is 2.98. The van der Waals surface area contributed by atoms with E-state index in [1.54, 1.807) is 6.08 Å². The first-order chi connectivity index (χ1) is 9.95. The van der Waals surface area contributed by atoms with E-state index >= 15 is 0 Å². The highest BCUT2D eigenvalue weighted by Gasteiger charge is 2.17. The summed E-state index contributed by atoms with van der Waals surface area (Å²) in [7, 11) is 1.47. The van der Waals surface area contributed by atoms with Crippen LogP contribution in [-0.4, -0.2) is 43.5 Å². The molecule has 0 fully saturated rings. The van der Waals surface area contributed by atoms with Crippen LogP contribution in [0.4, 0.5) is 5.95 Å². The maximum absolute atomic E-state index is 11.9. The topological polar surface area (TPSA) is 128 Å². The molecule has 0 amide bonds. The highest BCUT2D eigenvalue weighted by atomic mass is 16.5. The molecule has 114 valence electrons. The molecule has 0 saturated heterocycles. The van der Waals surface area contributed by atoms with E-state index in [9.17, 15) is 14.7 Å². The van der Waals surface area contributed by atoms with E-state index in [2.05, 4.69) is 16.5 Å². The predicted molar refractivity (Wildman–Crippen MR) is 77.0 cm³/mol. The number of aromatic amines is 1. The van der Waals surface area contributed by atoms with Crippen molar-refractivity contribution >= 4 is 17.1 Å². The number of aliphatic hydroxyl groups is 1. The fraction of sp³-hybridized carbons (Fsp3) is 0.417. The SMILES string of the molecule is C=CCOC[C@H](O)Cn1c(N)nc2c1c(=O)[nH]c(=O)n2C. The lowest BCUT2D eigenvalue weighted by Gasteiger charge is -2.12. The second kappa shape index (κ2) is 5.94. The Balaban J connectivity index is 2.38. The Kier molecular flexibility index (Phi) is 4.24. The summed E-state index contributed by atoms with van der Waals surface area (Å²) in [6.45, 7) is 3.90. The maximum atomic E-state index is 11.9. The fourth-order valence-electron chi connectivity index (χ4n) is 1.99. The zero-order valence-electron chi connectivity index (χ0n) is 11.6. The molecule has 2 aromatic heterocycles. The van der Waals surface area contributed by atoms with Crippen LogP contribution in [0.1, 0.15) is 0 Å². The van der Waals surface area contributed by atoms with Gasteiger partial charge in [-0.05, 0) is 0 Å². The van der Waals surface area contributed by atoms with Crippen LogP contribution in [0.3, 0.4) is 0 Å². The number of hydrogen-bond acceptors (Lipinski definition) is 6. The van der Waals surface area contributed by atoms with Gasteiger partial charge in [0, 0.05) is 7.05 Å². The van der Waals surface area contributed by atoms with Crippen LogP contribution in [0.2, 0.25) is 0 Å². The van der Waals surface area contributed by atoms with Gasteiger partial charge in [0.2, 0.25) is 5.95 Å². The first-order valence-corrected chi connectivity index (χ1v) is 6.27. The predicted octanol–water partition coefficient (Wildman–Crippen LogP) is -1.43. The minimum atomic E-state index is -0.874. The van der Waals surface area contributed by atoms with Crippen molar-refractivity contribution in [3.63, 3.8) is 0 Å². The van der Waals surface area contributed by atoms with Gasteiger partial charge in [-0.2, -0.15) is 4.98 Å². The average Bonchev–Trinajstić information content (AvgIpc) is 2.74. The van der Waals surface area contributed by atoms with Crippen molar-refractivity contribution in [2.75, 3.05) is 18.9 Å². The number of fused-ring (bicyclic) bond motifs is 1. The Morgan fingerprint density at radius 2 is 2.29 bits per heavy atom. The summed E-state index contributed by atoms with van der Waals surface area (Å²) >= 11 is 0. The number of aromatic nitrogens is 4.